The molecule has 0 atom stereocenters. The van der Waals surface area contributed by atoms with Gasteiger partial charge in [-0.3, -0.25) is 0 Å². The molecule has 0 radical (unpaired) electrons. The lowest BCUT2D eigenvalue weighted by Crippen LogP contribution is -2.32. The second kappa shape index (κ2) is 5.67. The van der Waals surface area contributed by atoms with Gasteiger partial charge in [0.2, 0.25) is 0 Å². The van der Waals surface area contributed by atoms with E-state index < -0.39 is 0 Å². The predicted octanol–water partition coefficient (Wildman–Crippen LogP) is 3.33. The van der Waals surface area contributed by atoms with Crippen molar-refractivity contribution in [2.75, 3.05) is 5.32 Å². The fourth-order valence-corrected chi connectivity index (χ4v) is 2.73. The van der Waals surface area contributed by atoms with Crippen LogP contribution in [0.15, 0.2) is 34.9 Å². The van der Waals surface area contributed by atoms with Gasteiger partial charge in [-0.15, -0.1) is 0 Å². The summed E-state index contributed by atoms with van der Waals surface area (Å²) in [7, 11) is 0. The summed E-state index contributed by atoms with van der Waals surface area (Å²) < 4.78 is 5.24. The first-order valence-electron chi connectivity index (χ1n) is 7.25. The number of benzene rings is 1. The summed E-state index contributed by atoms with van der Waals surface area (Å²) in [5.74, 6) is 0.695. The number of aromatic nitrogens is 1. The molecule has 0 unspecified atom stereocenters. The van der Waals surface area contributed by atoms with Crippen LogP contribution >= 0.6 is 0 Å². The van der Waals surface area contributed by atoms with Crippen LogP contribution in [0.25, 0.3) is 11.3 Å². The molecular formula is C16H21N3O. The van der Waals surface area contributed by atoms with E-state index in [0.717, 1.165) is 42.6 Å². The maximum absolute atomic E-state index is 5.93. The Morgan fingerprint density at radius 3 is 2.45 bits per heavy atom. The number of rotatable bonds is 3. The zero-order chi connectivity index (χ0) is 13.9. The van der Waals surface area contributed by atoms with Gasteiger partial charge in [0, 0.05) is 30.3 Å². The van der Waals surface area contributed by atoms with Crippen molar-refractivity contribution >= 4 is 5.69 Å². The van der Waals surface area contributed by atoms with Gasteiger partial charge in [-0.05, 0) is 37.8 Å². The van der Waals surface area contributed by atoms with Crippen LogP contribution in [0.1, 0.15) is 31.6 Å². The molecule has 1 aromatic heterocycles. The average molecular weight is 271 g/mol. The number of hydrogen-bond acceptors (Lipinski definition) is 4. The smallest absolute Gasteiger partial charge is 0.191 e. The van der Waals surface area contributed by atoms with E-state index in [9.17, 15) is 0 Å². The molecule has 4 nitrogen and oxygen atoms in total. The highest BCUT2D eigenvalue weighted by atomic mass is 16.3. The molecule has 0 saturated heterocycles. The van der Waals surface area contributed by atoms with Gasteiger partial charge < -0.3 is 15.5 Å². The van der Waals surface area contributed by atoms with Gasteiger partial charge in [0.05, 0.1) is 0 Å². The van der Waals surface area contributed by atoms with E-state index in [-0.39, 0.29) is 0 Å². The molecular weight excluding hydrogens is 250 g/mol. The van der Waals surface area contributed by atoms with Crippen molar-refractivity contribution in [2.45, 2.75) is 44.7 Å². The number of nitrogens with zero attached hydrogens (tertiary/aromatic N) is 1. The second-order valence-electron chi connectivity index (χ2n) is 5.59. The topological polar surface area (TPSA) is 64.1 Å². The Kier molecular flexibility index (Phi) is 3.74. The van der Waals surface area contributed by atoms with Crippen LogP contribution in [-0.2, 0) is 0 Å². The Hall–Kier alpha value is -1.81. The predicted molar refractivity (Wildman–Crippen MR) is 80.5 cm³/mol. The van der Waals surface area contributed by atoms with Gasteiger partial charge in [-0.2, -0.15) is 0 Å². The summed E-state index contributed by atoms with van der Waals surface area (Å²) in [5.41, 5.74) is 9.06. The summed E-state index contributed by atoms with van der Waals surface area (Å²) in [6, 6.07) is 9.31. The first-order valence-corrected chi connectivity index (χ1v) is 7.25. The molecule has 2 aromatic rings. The summed E-state index contributed by atoms with van der Waals surface area (Å²) >= 11 is 0. The van der Waals surface area contributed by atoms with Crippen LogP contribution in [0.3, 0.4) is 0 Å². The van der Waals surface area contributed by atoms with E-state index in [0.29, 0.717) is 18.0 Å². The van der Waals surface area contributed by atoms with Crippen molar-refractivity contribution in [1.29, 1.82) is 0 Å². The van der Waals surface area contributed by atoms with E-state index in [1.165, 1.54) is 0 Å². The lowest BCUT2D eigenvalue weighted by atomic mass is 9.91. The summed E-state index contributed by atoms with van der Waals surface area (Å²) in [6.07, 6.45) is 6.25. The molecule has 1 fully saturated rings. The van der Waals surface area contributed by atoms with E-state index in [1.54, 1.807) is 6.26 Å². The number of hydrogen-bond donors (Lipinski definition) is 2. The Balaban J connectivity index is 1.64. The van der Waals surface area contributed by atoms with Crippen LogP contribution < -0.4 is 11.1 Å². The highest BCUT2D eigenvalue weighted by Crippen LogP contribution is 2.24. The SMILES string of the molecule is Cc1nc(-c2ccc(NC3CCC(N)CC3)cc2)co1. The zero-order valence-electron chi connectivity index (χ0n) is 11.8. The van der Waals surface area contributed by atoms with E-state index in [2.05, 4.69) is 34.6 Å². The van der Waals surface area contributed by atoms with Gasteiger partial charge >= 0.3 is 0 Å². The monoisotopic (exact) mass is 271 g/mol. The van der Waals surface area contributed by atoms with Crippen LogP contribution in [0, 0.1) is 6.92 Å². The van der Waals surface area contributed by atoms with Crippen LogP contribution in [0.4, 0.5) is 5.69 Å². The molecule has 0 aliphatic heterocycles. The Morgan fingerprint density at radius 1 is 1.15 bits per heavy atom. The zero-order valence-corrected chi connectivity index (χ0v) is 11.8. The normalized spacial score (nSPS) is 22.7. The fraction of sp³-hybridized carbons (Fsp3) is 0.438. The largest absolute Gasteiger partial charge is 0.449 e. The highest BCUT2D eigenvalue weighted by Gasteiger charge is 2.18. The van der Waals surface area contributed by atoms with E-state index in [1.807, 2.05) is 6.92 Å². The van der Waals surface area contributed by atoms with Crippen molar-refractivity contribution in [3.8, 4) is 11.3 Å². The summed E-state index contributed by atoms with van der Waals surface area (Å²) in [4.78, 5) is 4.33. The molecule has 3 rings (SSSR count). The third-order valence-corrected chi connectivity index (χ3v) is 3.94. The maximum atomic E-state index is 5.93. The maximum Gasteiger partial charge on any atom is 0.191 e. The number of anilines is 1. The van der Waals surface area contributed by atoms with Crippen molar-refractivity contribution in [1.82, 2.24) is 4.98 Å². The third-order valence-electron chi connectivity index (χ3n) is 3.94. The minimum atomic E-state index is 0.394. The van der Waals surface area contributed by atoms with Crippen molar-refractivity contribution in [3.05, 3.63) is 36.4 Å². The molecule has 106 valence electrons. The minimum absolute atomic E-state index is 0.394. The Bertz CT molecular complexity index is 553. The van der Waals surface area contributed by atoms with Gasteiger partial charge in [-0.25, -0.2) is 4.98 Å². The molecule has 20 heavy (non-hydrogen) atoms. The van der Waals surface area contributed by atoms with E-state index >= 15 is 0 Å². The van der Waals surface area contributed by atoms with Gasteiger partial charge in [0.1, 0.15) is 12.0 Å². The number of aryl methyl sites for hydroxylation is 1. The molecule has 0 spiro atoms. The van der Waals surface area contributed by atoms with Gasteiger partial charge in [-0.1, -0.05) is 12.1 Å². The molecule has 4 heteroatoms. The standard InChI is InChI=1S/C16H21N3O/c1-11-18-16(10-20-11)12-2-6-14(7-3-12)19-15-8-4-13(17)5-9-15/h2-3,6-7,10,13,15,19H,4-5,8-9,17H2,1H3. The first-order chi connectivity index (χ1) is 9.70. The lowest BCUT2D eigenvalue weighted by molar-refractivity contribution is 0.411. The number of oxazole rings is 1. The first kappa shape index (κ1) is 13.2. The number of nitrogens with one attached hydrogen (secondary N) is 1. The van der Waals surface area contributed by atoms with Crippen molar-refractivity contribution < 1.29 is 4.42 Å². The van der Waals surface area contributed by atoms with E-state index in [4.69, 9.17) is 10.2 Å². The van der Waals surface area contributed by atoms with Crippen LogP contribution in [0.5, 0.6) is 0 Å². The average Bonchev–Trinajstić information content (AvgIpc) is 2.89. The molecule has 1 saturated carbocycles. The highest BCUT2D eigenvalue weighted by molar-refractivity contribution is 5.61. The van der Waals surface area contributed by atoms with Gasteiger partial charge in [0.25, 0.3) is 0 Å². The molecule has 0 bridgehead atoms. The van der Waals surface area contributed by atoms with Crippen molar-refractivity contribution in [3.63, 3.8) is 0 Å². The number of nitrogens with two attached hydrogens (primary N) is 1. The second-order valence-corrected chi connectivity index (χ2v) is 5.59. The third kappa shape index (κ3) is 3.02. The Labute approximate surface area is 119 Å². The molecule has 0 amide bonds. The van der Waals surface area contributed by atoms with Gasteiger partial charge in [0.15, 0.2) is 5.89 Å². The summed E-state index contributed by atoms with van der Waals surface area (Å²) in [5, 5.41) is 3.59. The molecule has 1 aliphatic carbocycles. The molecule has 1 aliphatic rings. The summed E-state index contributed by atoms with van der Waals surface area (Å²) in [6.45, 7) is 1.85. The van der Waals surface area contributed by atoms with Crippen molar-refractivity contribution in [2.24, 2.45) is 5.73 Å². The minimum Gasteiger partial charge on any atom is -0.449 e. The lowest BCUT2D eigenvalue weighted by Gasteiger charge is -2.27. The van der Waals surface area contributed by atoms with Crippen LogP contribution in [-0.4, -0.2) is 17.1 Å². The Morgan fingerprint density at radius 2 is 1.85 bits per heavy atom. The quantitative estimate of drug-likeness (QED) is 0.898. The fourth-order valence-electron chi connectivity index (χ4n) is 2.73. The molecule has 3 N–H and O–H groups in total. The molecule has 1 heterocycles. The molecule has 1 aromatic carbocycles. The van der Waals surface area contributed by atoms with Crippen LogP contribution in [0.2, 0.25) is 0 Å².